The number of aryl methyl sites for hydroxylation is 1. The van der Waals surface area contributed by atoms with Crippen LogP contribution < -0.4 is 10.1 Å². The third kappa shape index (κ3) is 5.52. The molecule has 0 unspecified atom stereocenters. The van der Waals surface area contributed by atoms with Crippen molar-refractivity contribution in [2.24, 2.45) is 0 Å². The topological polar surface area (TPSA) is 58.6 Å². The SMILES string of the molecule is Cc1ccc(C2(NC(=O)C[C@@](C)(O)c3ccc(F)cc3F)CC2)cc1OCC(F)(F)F. The van der Waals surface area contributed by atoms with E-state index >= 15 is 0 Å². The Kier molecular flexibility index (Phi) is 6.01. The molecule has 3 rings (SSSR count). The second-order valence-corrected chi connectivity index (χ2v) is 8.09. The molecule has 0 radical (unpaired) electrons. The lowest BCUT2D eigenvalue weighted by atomic mass is 9.91. The summed E-state index contributed by atoms with van der Waals surface area (Å²) in [6, 6.07) is 7.46. The van der Waals surface area contributed by atoms with Crippen molar-refractivity contribution in [3.8, 4) is 5.75 Å². The Labute approximate surface area is 176 Å². The van der Waals surface area contributed by atoms with Gasteiger partial charge in [0.2, 0.25) is 5.91 Å². The van der Waals surface area contributed by atoms with Gasteiger partial charge in [0.05, 0.1) is 17.6 Å². The van der Waals surface area contributed by atoms with Crippen LogP contribution in [0.1, 0.15) is 42.9 Å². The van der Waals surface area contributed by atoms with E-state index in [0.717, 1.165) is 12.1 Å². The lowest BCUT2D eigenvalue weighted by molar-refractivity contribution is -0.153. The van der Waals surface area contributed by atoms with Crippen molar-refractivity contribution in [1.29, 1.82) is 0 Å². The smallest absolute Gasteiger partial charge is 0.422 e. The van der Waals surface area contributed by atoms with E-state index in [1.54, 1.807) is 19.1 Å². The van der Waals surface area contributed by atoms with Gasteiger partial charge < -0.3 is 15.2 Å². The first-order chi connectivity index (χ1) is 14.3. The van der Waals surface area contributed by atoms with Crippen LogP contribution in [0.3, 0.4) is 0 Å². The molecule has 0 aliphatic heterocycles. The number of amides is 1. The van der Waals surface area contributed by atoms with Gasteiger partial charge in [-0.2, -0.15) is 13.2 Å². The van der Waals surface area contributed by atoms with Crippen LogP contribution in [0.25, 0.3) is 0 Å². The monoisotopic (exact) mass is 443 g/mol. The Hall–Kier alpha value is -2.68. The van der Waals surface area contributed by atoms with E-state index in [1.165, 1.54) is 13.0 Å². The van der Waals surface area contributed by atoms with E-state index in [9.17, 15) is 31.9 Å². The van der Waals surface area contributed by atoms with Crippen LogP contribution in [0, 0.1) is 18.6 Å². The minimum absolute atomic E-state index is 0.0655. The molecule has 2 aromatic rings. The fraction of sp³-hybridized carbons (Fsp3) is 0.409. The van der Waals surface area contributed by atoms with Crippen molar-refractivity contribution >= 4 is 5.91 Å². The molecule has 0 spiro atoms. The number of aliphatic hydroxyl groups is 1. The highest BCUT2D eigenvalue weighted by molar-refractivity contribution is 5.79. The number of benzene rings is 2. The number of carbonyl (C=O) groups excluding carboxylic acids is 1. The lowest BCUT2D eigenvalue weighted by Crippen LogP contribution is -2.39. The van der Waals surface area contributed by atoms with Gasteiger partial charge in [0.25, 0.3) is 0 Å². The second kappa shape index (κ2) is 8.11. The Bertz CT molecular complexity index is 984. The number of hydrogen-bond donors (Lipinski definition) is 2. The molecule has 0 saturated heterocycles. The third-order valence-corrected chi connectivity index (χ3v) is 5.28. The van der Waals surface area contributed by atoms with Crippen LogP contribution in [0.5, 0.6) is 5.75 Å². The van der Waals surface area contributed by atoms with Gasteiger partial charge in [-0.3, -0.25) is 4.79 Å². The molecule has 0 aromatic heterocycles. The quantitative estimate of drug-likeness (QED) is 0.615. The molecule has 31 heavy (non-hydrogen) atoms. The molecule has 1 aliphatic rings. The van der Waals surface area contributed by atoms with Gasteiger partial charge in [0.1, 0.15) is 17.4 Å². The summed E-state index contributed by atoms with van der Waals surface area (Å²) < 4.78 is 69.5. The largest absolute Gasteiger partial charge is 0.484 e. The van der Waals surface area contributed by atoms with E-state index in [2.05, 4.69) is 5.32 Å². The molecule has 2 N–H and O–H groups in total. The van der Waals surface area contributed by atoms with E-state index in [4.69, 9.17) is 4.74 Å². The number of halogens is 5. The van der Waals surface area contributed by atoms with Gasteiger partial charge in [-0.05, 0) is 49.9 Å². The Morgan fingerprint density at radius 1 is 1.16 bits per heavy atom. The summed E-state index contributed by atoms with van der Waals surface area (Å²) in [5.41, 5.74) is -1.79. The van der Waals surface area contributed by atoms with Gasteiger partial charge >= 0.3 is 6.18 Å². The summed E-state index contributed by atoms with van der Waals surface area (Å²) in [7, 11) is 0. The number of hydrogen-bond acceptors (Lipinski definition) is 3. The molecular weight excluding hydrogens is 421 g/mol. The van der Waals surface area contributed by atoms with Gasteiger partial charge in [-0.1, -0.05) is 18.2 Å². The molecule has 1 fully saturated rings. The van der Waals surface area contributed by atoms with Crippen LogP contribution in [0.4, 0.5) is 22.0 Å². The standard InChI is InChI=1S/C22H22F5NO3/c1-13-3-4-14(9-18(13)31-12-22(25,26)27)21(7-8-21)28-19(29)11-20(2,30)16-6-5-15(23)10-17(16)24/h3-6,9-10,30H,7-8,11-12H2,1-2H3,(H,28,29)/t20-/m1/s1. The fourth-order valence-corrected chi connectivity index (χ4v) is 3.47. The van der Waals surface area contributed by atoms with Crippen molar-refractivity contribution in [1.82, 2.24) is 5.32 Å². The van der Waals surface area contributed by atoms with Crippen molar-refractivity contribution in [3.63, 3.8) is 0 Å². The van der Waals surface area contributed by atoms with Gasteiger partial charge in [0, 0.05) is 11.6 Å². The average molecular weight is 443 g/mol. The zero-order chi connectivity index (χ0) is 23.0. The molecule has 168 valence electrons. The number of rotatable bonds is 7. The van der Waals surface area contributed by atoms with Crippen molar-refractivity contribution in [3.05, 3.63) is 64.7 Å². The first-order valence-electron chi connectivity index (χ1n) is 9.61. The molecule has 9 heteroatoms. The van der Waals surface area contributed by atoms with E-state index in [0.29, 0.717) is 30.0 Å². The lowest BCUT2D eigenvalue weighted by Gasteiger charge is -2.26. The molecular formula is C22H22F5NO3. The molecule has 0 heterocycles. The first kappa shape index (κ1) is 23.0. The minimum Gasteiger partial charge on any atom is -0.484 e. The summed E-state index contributed by atoms with van der Waals surface area (Å²) in [4.78, 5) is 12.6. The van der Waals surface area contributed by atoms with Gasteiger partial charge in [-0.15, -0.1) is 0 Å². The highest BCUT2D eigenvalue weighted by Gasteiger charge is 2.46. The summed E-state index contributed by atoms with van der Waals surface area (Å²) in [6.45, 7) is 1.43. The third-order valence-electron chi connectivity index (χ3n) is 5.28. The number of alkyl halides is 3. The number of carbonyl (C=O) groups is 1. The molecule has 2 aromatic carbocycles. The van der Waals surface area contributed by atoms with Gasteiger partial charge in [-0.25, -0.2) is 8.78 Å². The zero-order valence-corrected chi connectivity index (χ0v) is 16.9. The Morgan fingerprint density at radius 3 is 2.42 bits per heavy atom. The highest BCUT2D eigenvalue weighted by Crippen LogP contribution is 2.47. The van der Waals surface area contributed by atoms with E-state index in [-0.39, 0.29) is 11.3 Å². The highest BCUT2D eigenvalue weighted by atomic mass is 19.4. The summed E-state index contributed by atoms with van der Waals surface area (Å²) in [6.07, 6.45) is -3.86. The molecule has 4 nitrogen and oxygen atoms in total. The minimum atomic E-state index is -4.48. The molecule has 1 aliphatic carbocycles. The van der Waals surface area contributed by atoms with Crippen LogP contribution in [0.15, 0.2) is 36.4 Å². The van der Waals surface area contributed by atoms with Gasteiger partial charge in [0.15, 0.2) is 6.61 Å². The van der Waals surface area contributed by atoms with Crippen molar-refractivity contribution < 1.29 is 36.6 Å². The Morgan fingerprint density at radius 2 is 1.84 bits per heavy atom. The molecule has 1 atom stereocenters. The number of ether oxygens (including phenoxy) is 1. The second-order valence-electron chi connectivity index (χ2n) is 8.09. The summed E-state index contributed by atoms with van der Waals surface area (Å²) in [5.74, 6) is -2.29. The van der Waals surface area contributed by atoms with Crippen LogP contribution in [-0.4, -0.2) is 23.8 Å². The van der Waals surface area contributed by atoms with Crippen molar-refractivity contribution in [2.75, 3.05) is 6.61 Å². The first-order valence-corrected chi connectivity index (χ1v) is 9.61. The van der Waals surface area contributed by atoms with E-state index < -0.39 is 47.9 Å². The van der Waals surface area contributed by atoms with E-state index in [1.807, 2.05) is 0 Å². The summed E-state index contributed by atoms with van der Waals surface area (Å²) >= 11 is 0. The van der Waals surface area contributed by atoms with Crippen molar-refractivity contribution in [2.45, 2.75) is 50.4 Å². The van der Waals surface area contributed by atoms with Crippen LogP contribution in [0.2, 0.25) is 0 Å². The fourth-order valence-electron chi connectivity index (χ4n) is 3.47. The number of nitrogens with one attached hydrogen (secondary N) is 1. The normalized spacial score (nSPS) is 17.0. The predicted molar refractivity (Wildman–Crippen MR) is 102 cm³/mol. The predicted octanol–water partition coefficient (Wildman–Crippen LogP) is 4.62. The van der Waals surface area contributed by atoms with Crippen LogP contribution >= 0.6 is 0 Å². The average Bonchev–Trinajstić information content (AvgIpc) is 3.39. The summed E-state index contributed by atoms with van der Waals surface area (Å²) in [5, 5.41) is 13.4. The maximum Gasteiger partial charge on any atom is 0.422 e. The molecule has 1 saturated carbocycles. The van der Waals surface area contributed by atoms with Crippen LogP contribution in [-0.2, 0) is 15.9 Å². The zero-order valence-electron chi connectivity index (χ0n) is 16.9. The Balaban J connectivity index is 1.73. The maximum absolute atomic E-state index is 14.0. The molecule has 1 amide bonds. The molecule has 0 bridgehead atoms. The maximum atomic E-state index is 14.0.